The van der Waals surface area contributed by atoms with E-state index in [9.17, 15) is 14.4 Å². The van der Waals surface area contributed by atoms with Crippen molar-refractivity contribution in [1.29, 1.82) is 0 Å². The molecule has 3 aliphatic heterocycles. The normalized spacial score (nSPS) is 30.0. The first-order valence-corrected chi connectivity index (χ1v) is 10.3. The molecule has 7 heteroatoms. The van der Waals surface area contributed by atoms with Crippen molar-refractivity contribution in [3.63, 3.8) is 0 Å². The number of hydrogen-bond donors (Lipinski definition) is 0. The zero-order chi connectivity index (χ0) is 18.7. The highest BCUT2D eigenvalue weighted by molar-refractivity contribution is 7.12. The van der Waals surface area contributed by atoms with Gasteiger partial charge >= 0.3 is 0 Å². The van der Waals surface area contributed by atoms with Crippen LogP contribution in [0.2, 0.25) is 5.02 Å². The molecule has 0 radical (unpaired) electrons. The summed E-state index contributed by atoms with van der Waals surface area (Å²) < 4.78 is 0. The van der Waals surface area contributed by atoms with Gasteiger partial charge in [0.15, 0.2) is 5.78 Å². The van der Waals surface area contributed by atoms with Gasteiger partial charge in [-0.15, -0.1) is 11.3 Å². The van der Waals surface area contributed by atoms with E-state index in [0.29, 0.717) is 15.6 Å². The van der Waals surface area contributed by atoms with Gasteiger partial charge in [-0.3, -0.25) is 19.3 Å². The number of ketones is 1. The number of amides is 2. The van der Waals surface area contributed by atoms with Crippen molar-refractivity contribution in [2.75, 3.05) is 11.4 Å². The molecule has 3 aliphatic rings. The second-order valence-electron chi connectivity index (χ2n) is 7.27. The number of carbonyl (C=O) groups excluding carboxylic acids is 3. The predicted molar refractivity (Wildman–Crippen MR) is 103 cm³/mol. The van der Waals surface area contributed by atoms with Gasteiger partial charge in [-0.25, -0.2) is 4.90 Å². The molecule has 0 spiro atoms. The summed E-state index contributed by atoms with van der Waals surface area (Å²) in [6.07, 6.45) is 1.80. The second-order valence-corrected chi connectivity index (χ2v) is 8.66. The highest BCUT2D eigenvalue weighted by atomic mass is 35.5. The maximum absolute atomic E-state index is 13.3. The Morgan fingerprint density at radius 2 is 1.81 bits per heavy atom. The minimum atomic E-state index is -0.604. The van der Waals surface area contributed by atoms with Crippen molar-refractivity contribution in [3.05, 3.63) is 51.7 Å². The maximum Gasteiger partial charge on any atom is 0.239 e. The summed E-state index contributed by atoms with van der Waals surface area (Å²) in [5.74, 6) is -1.54. The summed E-state index contributed by atoms with van der Waals surface area (Å²) in [5.41, 5.74) is 0.524. The number of benzene rings is 1. The van der Waals surface area contributed by atoms with Gasteiger partial charge in [-0.05, 0) is 55.1 Å². The van der Waals surface area contributed by atoms with E-state index in [2.05, 4.69) is 4.90 Å². The lowest BCUT2D eigenvalue weighted by Gasteiger charge is -2.27. The predicted octanol–water partition coefficient (Wildman–Crippen LogP) is 3.24. The number of halogens is 1. The van der Waals surface area contributed by atoms with Crippen LogP contribution in [0.3, 0.4) is 0 Å². The SMILES string of the molecule is O=C(c1cccs1)[C@@H]1[C@@H]2C(=O)N(c3ccc(Cl)cc3)C(=O)[C@H]2[C@@H]2CCCN12. The van der Waals surface area contributed by atoms with Gasteiger partial charge < -0.3 is 0 Å². The Balaban J connectivity index is 1.56. The zero-order valence-electron chi connectivity index (χ0n) is 14.4. The van der Waals surface area contributed by atoms with E-state index in [1.165, 1.54) is 16.2 Å². The van der Waals surface area contributed by atoms with Crippen LogP contribution in [-0.2, 0) is 9.59 Å². The molecule has 27 heavy (non-hydrogen) atoms. The van der Waals surface area contributed by atoms with Crippen LogP contribution in [0.5, 0.6) is 0 Å². The maximum atomic E-state index is 13.3. The zero-order valence-corrected chi connectivity index (χ0v) is 15.9. The fraction of sp³-hybridized carbons (Fsp3) is 0.350. The minimum absolute atomic E-state index is 0.0299. The van der Waals surface area contributed by atoms with E-state index in [1.807, 2.05) is 11.4 Å². The van der Waals surface area contributed by atoms with E-state index in [-0.39, 0.29) is 23.6 Å². The van der Waals surface area contributed by atoms with Crippen LogP contribution in [0.4, 0.5) is 5.69 Å². The molecule has 5 rings (SSSR count). The molecular formula is C20H17ClN2O3S. The lowest BCUT2D eigenvalue weighted by Crippen LogP contribution is -2.45. The third-order valence-corrected chi connectivity index (χ3v) is 7.11. The molecule has 2 aromatic rings. The van der Waals surface area contributed by atoms with E-state index in [1.54, 1.807) is 30.3 Å². The van der Waals surface area contributed by atoms with Crippen molar-refractivity contribution in [2.45, 2.75) is 24.9 Å². The van der Waals surface area contributed by atoms with Gasteiger partial charge in [0.1, 0.15) is 0 Å². The molecule has 5 nitrogen and oxygen atoms in total. The van der Waals surface area contributed by atoms with Crippen molar-refractivity contribution < 1.29 is 14.4 Å². The third-order valence-electron chi connectivity index (χ3n) is 5.97. The number of Topliss-reactive ketones (excluding diaryl/α,β-unsaturated/α-hetero) is 1. The number of rotatable bonds is 3. The molecule has 4 atom stereocenters. The Morgan fingerprint density at radius 3 is 2.52 bits per heavy atom. The number of carbonyl (C=O) groups is 3. The Hall–Kier alpha value is -2.02. The van der Waals surface area contributed by atoms with E-state index in [0.717, 1.165) is 19.4 Å². The lowest BCUT2D eigenvalue weighted by atomic mass is 9.86. The summed E-state index contributed by atoms with van der Waals surface area (Å²) in [6.45, 7) is 0.765. The van der Waals surface area contributed by atoms with Crippen molar-refractivity contribution in [3.8, 4) is 0 Å². The van der Waals surface area contributed by atoms with Gasteiger partial charge in [-0.2, -0.15) is 0 Å². The number of imide groups is 1. The summed E-state index contributed by atoms with van der Waals surface area (Å²) in [6, 6.07) is 9.76. The van der Waals surface area contributed by atoms with Gasteiger partial charge in [0.05, 0.1) is 28.4 Å². The van der Waals surface area contributed by atoms with Gasteiger partial charge in [0.25, 0.3) is 0 Å². The Labute approximate surface area is 165 Å². The van der Waals surface area contributed by atoms with Gasteiger partial charge in [-0.1, -0.05) is 17.7 Å². The van der Waals surface area contributed by atoms with Crippen molar-refractivity contribution in [1.82, 2.24) is 4.90 Å². The number of fused-ring (bicyclic) bond motifs is 3. The molecule has 1 aromatic carbocycles. The largest absolute Gasteiger partial charge is 0.291 e. The van der Waals surface area contributed by atoms with Crippen LogP contribution < -0.4 is 4.90 Å². The molecule has 1 aromatic heterocycles. The fourth-order valence-corrected chi connectivity index (χ4v) is 5.75. The topological polar surface area (TPSA) is 57.7 Å². The van der Waals surface area contributed by atoms with Crippen LogP contribution in [0.25, 0.3) is 0 Å². The standard InChI is InChI=1S/C20H17ClN2O3S/c21-11-5-7-12(8-6-11)23-19(25)15-13-3-1-9-22(13)17(16(15)20(23)26)18(24)14-4-2-10-27-14/h2,4-8,10,13,15-17H,1,3,9H2/t13-,15-,16+,17-/m0/s1. The minimum Gasteiger partial charge on any atom is -0.291 e. The van der Waals surface area contributed by atoms with Crippen LogP contribution >= 0.6 is 22.9 Å². The van der Waals surface area contributed by atoms with Crippen molar-refractivity contribution in [2.24, 2.45) is 11.8 Å². The molecule has 0 bridgehead atoms. The Morgan fingerprint density at radius 1 is 1.07 bits per heavy atom. The first kappa shape index (κ1) is 17.1. The van der Waals surface area contributed by atoms with E-state index in [4.69, 9.17) is 11.6 Å². The number of thiophene rings is 1. The van der Waals surface area contributed by atoms with Crippen LogP contribution in [0.15, 0.2) is 41.8 Å². The molecule has 3 saturated heterocycles. The molecule has 0 unspecified atom stereocenters. The van der Waals surface area contributed by atoms with Gasteiger partial charge in [0.2, 0.25) is 11.8 Å². The van der Waals surface area contributed by atoms with Crippen LogP contribution in [0, 0.1) is 11.8 Å². The summed E-state index contributed by atoms with van der Waals surface area (Å²) in [7, 11) is 0. The number of nitrogens with zero attached hydrogens (tertiary/aromatic N) is 2. The highest BCUT2D eigenvalue weighted by Gasteiger charge is 2.64. The average Bonchev–Trinajstić information content (AvgIpc) is 3.41. The third kappa shape index (κ3) is 2.43. The smallest absolute Gasteiger partial charge is 0.239 e. The monoisotopic (exact) mass is 400 g/mol. The van der Waals surface area contributed by atoms with E-state index < -0.39 is 17.9 Å². The van der Waals surface area contributed by atoms with Crippen molar-refractivity contribution >= 4 is 46.2 Å². The summed E-state index contributed by atoms with van der Waals surface area (Å²) >= 11 is 7.33. The first-order valence-electron chi connectivity index (χ1n) is 9.05. The molecule has 3 fully saturated rings. The van der Waals surface area contributed by atoms with Crippen LogP contribution in [-0.4, -0.2) is 41.1 Å². The molecular weight excluding hydrogens is 384 g/mol. The van der Waals surface area contributed by atoms with Gasteiger partial charge in [0, 0.05) is 11.1 Å². The average molecular weight is 401 g/mol. The number of anilines is 1. The summed E-state index contributed by atoms with van der Waals surface area (Å²) in [5, 5.41) is 2.41. The van der Waals surface area contributed by atoms with Crippen LogP contribution in [0.1, 0.15) is 22.5 Å². The quantitative estimate of drug-likeness (QED) is 0.586. The highest BCUT2D eigenvalue weighted by Crippen LogP contribution is 2.48. The molecule has 0 aliphatic carbocycles. The molecule has 4 heterocycles. The summed E-state index contributed by atoms with van der Waals surface area (Å²) in [4.78, 5) is 43.7. The Kier molecular flexibility index (Phi) is 3.96. The lowest BCUT2D eigenvalue weighted by molar-refractivity contribution is -0.123. The van der Waals surface area contributed by atoms with E-state index >= 15 is 0 Å². The first-order chi connectivity index (χ1) is 13.1. The fourth-order valence-electron chi connectivity index (χ4n) is 4.92. The molecule has 0 saturated carbocycles. The molecule has 0 N–H and O–H groups in total. The number of hydrogen-bond acceptors (Lipinski definition) is 5. The molecule has 138 valence electrons. The molecule has 2 amide bonds. The Bertz CT molecular complexity index is 927. The second kappa shape index (κ2) is 6.26.